The maximum atomic E-state index is 12.8. The number of nitrogens with zero attached hydrogens (tertiary/aromatic N) is 2. The van der Waals surface area contributed by atoms with Crippen LogP contribution < -0.4 is 0 Å². The molecule has 0 aliphatic carbocycles. The Hall–Kier alpha value is -1.20. The van der Waals surface area contributed by atoms with Crippen LogP contribution in [-0.2, 0) is 6.54 Å². The number of carbonyl (C=O) groups excluding carboxylic acids is 1. The molecule has 1 amide bonds. The minimum atomic E-state index is 0.00188. The smallest absolute Gasteiger partial charge is 0.255 e. The lowest BCUT2D eigenvalue weighted by Gasteiger charge is -2.27. The van der Waals surface area contributed by atoms with Gasteiger partial charge in [0, 0.05) is 33.9 Å². The van der Waals surface area contributed by atoms with Crippen molar-refractivity contribution in [2.75, 3.05) is 0 Å². The van der Waals surface area contributed by atoms with Crippen LogP contribution in [0.2, 0.25) is 0 Å². The van der Waals surface area contributed by atoms with Gasteiger partial charge in [0.25, 0.3) is 5.91 Å². The topological polar surface area (TPSA) is 33.2 Å². The van der Waals surface area contributed by atoms with Gasteiger partial charge in [0.1, 0.15) is 0 Å². The minimum absolute atomic E-state index is 0.00188. The van der Waals surface area contributed by atoms with Crippen molar-refractivity contribution in [1.82, 2.24) is 9.88 Å². The van der Waals surface area contributed by atoms with Gasteiger partial charge < -0.3 is 4.90 Å². The number of aromatic nitrogens is 1. The normalized spacial score (nSPS) is 10.7. The van der Waals surface area contributed by atoms with Crippen molar-refractivity contribution >= 4 is 37.8 Å². The molecule has 0 saturated carbocycles. The zero-order valence-electron chi connectivity index (χ0n) is 11.9. The number of benzene rings is 1. The Balaban J connectivity index is 2.30. The molecule has 21 heavy (non-hydrogen) atoms. The zero-order chi connectivity index (χ0) is 15.4. The highest BCUT2D eigenvalue weighted by atomic mass is 79.9. The van der Waals surface area contributed by atoms with Crippen LogP contribution in [-0.4, -0.2) is 21.8 Å². The molecule has 0 bridgehead atoms. The second-order valence-electron chi connectivity index (χ2n) is 5.01. The van der Waals surface area contributed by atoms with Crippen LogP contribution in [0.25, 0.3) is 0 Å². The van der Waals surface area contributed by atoms with Gasteiger partial charge in [-0.15, -0.1) is 0 Å². The minimum Gasteiger partial charge on any atom is -0.332 e. The van der Waals surface area contributed by atoms with E-state index in [9.17, 15) is 4.79 Å². The molecule has 3 nitrogen and oxygen atoms in total. The highest BCUT2D eigenvalue weighted by Gasteiger charge is 2.21. The number of pyridine rings is 1. The second kappa shape index (κ2) is 7.18. The lowest BCUT2D eigenvalue weighted by atomic mass is 10.1. The molecule has 0 fully saturated rings. The Bertz CT molecular complexity index is 629. The lowest BCUT2D eigenvalue weighted by molar-refractivity contribution is 0.0689. The van der Waals surface area contributed by atoms with Crippen LogP contribution in [0.15, 0.2) is 51.7 Å². The largest absolute Gasteiger partial charge is 0.332 e. The van der Waals surface area contributed by atoms with Crippen LogP contribution in [0.4, 0.5) is 0 Å². The zero-order valence-corrected chi connectivity index (χ0v) is 15.1. The third kappa shape index (κ3) is 4.14. The molecule has 0 unspecified atom stereocenters. The highest BCUT2D eigenvalue weighted by Crippen LogP contribution is 2.24. The SMILES string of the molecule is CC(C)N(Cc1cccnc1)C(=O)c1cc(Br)ccc1Br. The molecule has 0 aliphatic rings. The number of carbonyl (C=O) groups is 1. The maximum absolute atomic E-state index is 12.8. The Labute approximate surface area is 141 Å². The molecule has 0 spiro atoms. The van der Waals surface area contributed by atoms with Gasteiger partial charge in [-0.05, 0) is 59.6 Å². The number of hydrogen-bond acceptors (Lipinski definition) is 2. The fraction of sp³-hybridized carbons (Fsp3) is 0.250. The molecule has 2 aromatic rings. The van der Waals surface area contributed by atoms with Gasteiger partial charge in [-0.2, -0.15) is 0 Å². The Kier molecular flexibility index (Phi) is 5.53. The summed E-state index contributed by atoms with van der Waals surface area (Å²) in [4.78, 5) is 18.8. The summed E-state index contributed by atoms with van der Waals surface area (Å²) in [6.07, 6.45) is 3.52. The van der Waals surface area contributed by atoms with E-state index in [0.717, 1.165) is 14.5 Å². The third-order valence-electron chi connectivity index (χ3n) is 3.12. The monoisotopic (exact) mass is 410 g/mol. The second-order valence-corrected chi connectivity index (χ2v) is 6.78. The van der Waals surface area contributed by atoms with Crippen LogP contribution in [0, 0.1) is 0 Å². The summed E-state index contributed by atoms with van der Waals surface area (Å²) in [5.41, 5.74) is 1.67. The summed E-state index contributed by atoms with van der Waals surface area (Å²) < 4.78 is 1.69. The van der Waals surface area contributed by atoms with E-state index < -0.39 is 0 Å². The molecule has 0 aliphatic heterocycles. The Morgan fingerprint density at radius 2 is 2.05 bits per heavy atom. The first kappa shape index (κ1) is 16.2. The molecule has 110 valence electrons. The Morgan fingerprint density at radius 1 is 1.29 bits per heavy atom. The third-order valence-corrected chi connectivity index (χ3v) is 4.30. The van der Waals surface area contributed by atoms with E-state index in [2.05, 4.69) is 36.8 Å². The standard InChI is InChI=1S/C16H16Br2N2O/c1-11(2)20(10-12-4-3-7-19-9-12)16(21)14-8-13(17)5-6-15(14)18/h3-9,11H,10H2,1-2H3. The number of hydrogen-bond donors (Lipinski definition) is 0. The van der Waals surface area contributed by atoms with E-state index in [0.29, 0.717) is 12.1 Å². The Morgan fingerprint density at radius 3 is 2.67 bits per heavy atom. The molecule has 0 radical (unpaired) electrons. The van der Waals surface area contributed by atoms with E-state index in [-0.39, 0.29) is 11.9 Å². The molecule has 0 N–H and O–H groups in total. The predicted molar refractivity (Wildman–Crippen MR) is 91.1 cm³/mol. The van der Waals surface area contributed by atoms with E-state index in [1.54, 1.807) is 12.4 Å². The molecule has 5 heteroatoms. The average Bonchev–Trinajstić information content (AvgIpc) is 2.47. The van der Waals surface area contributed by atoms with Crippen molar-refractivity contribution in [2.45, 2.75) is 26.4 Å². The van der Waals surface area contributed by atoms with Gasteiger partial charge in [0.05, 0.1) is 5.56 Å². The number of rotatable bonds is 4. The fourth-order valence-corrected chi connectivity index (χ4v) is 2.77. The van der Waals surface area contributed by atoms with Crippen molar-refractivity contribution < 1.29 is 4.79 Å². The van der Waals surface area contributed by atoms with Gasteiger partial charge in [0.2, 0.25) is 0 Å². The molecule has 1 heterocycles. The van der Waals surface area contributed by atoms with E-state index >= 15 is 0 Å². The first-order valence-electron chi connectivity index (χ1n) is 6.64. The van der Waals surface area contributed by atoms with Gasteiger partial charge in [-0.3, -0.25) is 9.78 Å². The summed E-state index contributed by atoms with van der Waals surface area (Å²) >= 11 is 6.87. The summed E-state index contributed by atoms with van der Waals surface area (Å²) in [5, 5.41) is 0. The average molecular weight is 412 g/mol. The highest BCUT2D eigenvalue weighted by molar-refractivity contribution is 9.11. The van der Waals surface area contributed by atoms with E-state index in [1.165, 1.54) is 0 Å². The van der Waals surface area contributed by atoms with Crippen LogP contribution in [0.3, 0.4) is 0 Å². The first-order valence-corrected chi connectivity index (χ1v) is 8.22. The van der Waals surface area contributed by atoms with E-state index in [4.69, 9.17) is 0 Å². The summed E-state index contributed by atoms with van der Waals surface area (Å²) in [6, 6.07) is 9.58. The fourth-order valence-electron chi connectivity index (χ4n) is 1.99. The van der Waals surface area contributed by atoms with Gasteiger partial charge in [-0.25, -0.2) is 0 Å². The van der Waals surface area contributed by atoms with E-state index in [1.807, 2.05) is 49.1 Å². The predicted octanol–water partition coefficient (Wildman–Crippen LogP) is 4.66. The molecule has 1 aromatic carbocycles. The molecule has 0 saturated heterocycles. The van der Waals surface area contributed by atoms with Crippen molar-refractivity contribution in [2.24, 2.45) is 0 Å². The van der Waals surface area contributed by atoms with Crippen molar-refractivity contribution in [3.05, 3.63) is 62.8 Å². The van der Waals surface area contributed by atoms with Gasteiger partial charge >= 0.3 is 0 Å². The summed E-state index contributed by atoms with van der Waals surface area (Å²) in [7, 11) is 0. The lowest BCUT2D eigenvalue weighted by Crippen LogP contribution is -2.36. The quantitative estimate of drug-likeness (QED) is 0.733. The van der Waals surface area contributed by atoms with Crippen molar-refractivity contribution in [1.29, 1.82) is 0 Å². The molecule has 0 atom stereocenters. The summed E-state index contributed by atoms with van der Waals surface area (Å²) in [5.74, 6) is 0.00188. The van der Waals surface area contributed by atoms with Gasteiger partial charge in [0.15, 0.2) is 0 Å². The van der Waals surface area contributed by atoms with Crippen LogP contribution >= 0.6 is 31.9 Å². The molecular formula is C16H16Br2N2O. The number of halogens is 2. The van der Waals surface area contributed by atoms with Gasteiger partial charge in [-0.1, -0.05) is 22.0 Å². The first-order chi connectivity index (χ1) is 9.99. The van der Waals surface area contributed by atoms with Crippen molar-refractivity contribution in [3.63, 3.8) is 0 Å². The molecular weight excluding hydrogens is 396 g/mol. The maximum Gasteiger partial charge on any atom is 0.255 e. The van der Waals surface area contributed by atoms with Crippen LogP contribution in [0.1, 0.15) is 29.8 Å². The molecule has 2 rings (SSSR count). The van der Waals surface area contributed by atoms with Crippen LogP contribution in [0.5, 0.6) is 0 Å². The molecule has 1 aromatic heterocycles. The summed E-state index contributed by atoms with van der Waals surface area (Å²) in [6.45, 7) is 4.57. The van der Waals surface area contributed by atoms with Crippen molar-refractivity contribution in [3.8, 4) is 0 Å². The number of amides is 1.